The highest BCUT2D eigenvalue weighted by Crippen LogP contribution is 2.28. The predicted octanol–water partition coefficient (Wildman–Crippen LogP) is 3.10. The number of hydrogen-bond acceptors (Lipinski definition) is 3. The summed E-state index contributed by atoms with van der Waals surface area (Å²) in [6.07, 6.45) is 1.04. The van der Waals surface area contributed by atoms with E-state index < -0.39 is 6.04 Å². The highest BCUT2D eigenvalue weighted by atomic mass is 32.1. The molecule has 0 aliphatic rings. The molecule has 0 aromatic heterocycles. The fraction of sp³-hybridized carbons (Fsp3) is 0.500. The maximum Gasteiger partial charge on any atom is 0.220 e. The molecular weight excluding hydrogens is 260 g/mol. The van der Waals surface area contributed by atoms with Crippen molar-refractivity contribution in [3.8, 4) is 0 Å². The van der Waals surface area contributed by atoms with Crippen molar-refractivity contribution < 1.29 is 4.92 Å². The molecule has 0 unspecified atom stereocenters. The second-order valence-electron chi connectivity index (χ2n) is 4.77. The lowest BCUT2D eigenvalue weighted by molar-refractivity contribution is -0.527. The van der Waals surface area contributed by atoms with Crippen molar-refractivity contribution in [2.45, 2.75) is 31.7 Å². The van der Waals surface area contributed by atoms with Gasteiger partial charge in [0.2, 0.25) is 6.04 Å². The van der Waals surface area contributed by atoms with Crippen molar-refractivity contribution >= 4 is 17.2 Å². The lowest BCUT2D eigenvalue weighted by atomic mass is 9.87. The molecule has 19 heavy (non-hydrogen) atoms. The van der Waals surface area contributed by atoms with Crippen LogP contribution in [0.25, 0.3) is 0 Å². The van der Waals surface area contributed by atoms with Crippen LogP contribution in [0.2, 0.25) is 0 Å². The van der Waals surface area contributed by atoms with Gasteiger partial charge in [0.05, 0.1) is 10.9 Å². The summed E-state index contributed by atoms with van der Waals surface area (Å²) in [7, 11) is 3.75. The van der Waals surface area contributed by atoms with Crippen LogP contribution in [0.5, 0.6) is 0 Å². The number of nitrogens with zero attached hydrogens (tertiary/aromatic N) is 2. The van der Waals surface area contributed by atoms with E-state index >= 15 is 0 Å². The van der Waals surface area contributed by atoms with Gasteiger partial charge in [-0.3, -0.25) is 10.1 Å². The molecule has 0 aliphatic heterocycles. The Bertz CT molecular complexity index is 434. The van der Waals surface area contributed by atoms with E-state index in [0.29, 0.717) is 12.8 Å². The van der Waals surface area contributed by atoms with Gasteiger partial charge in [-0.1, -0.05) is 49.5 Å². The largest absolute Gasteiger partial charge is 0.372 e. The molecule has 1 aromatic carbocycles. The Morgan fingerprint density at radius 3 is 2.37 bits per heavy atom. The molecule has 5 heteroatoms. The minimum Gasteiger partial charge on any atom is -0.372 e. The fourth-order valence-corrected chi connectivity index (χ4v) is 2.31. The molecule has 2 atom stereocenters. The Labute approximate surface area is 119 Å². The van der Waals surface area contributed by atoms with Crippen LogP contribution < -0.4 is 0 Å². The molecule has 0 saturated carbocycles. The summed E-state index contributed by atoms with van der Waals surface area (Å²) in [5.41, 5.74) is 0.982. The van der Waals surface area contributed by atoms with Crippen molar-refractivity contribution in [2.24, 2.45) is 0 Å². The fourth-order valence-electron chi connectivity index (χ4n) is 2.13. The normalized spacial score (nSPS) is 13.6. The minimum atomic E-state index is -0.597. The van der Waals surface area contributed by atoms with Gasteiger partial charge < -0.3 is 4.90 Å². The number of rotatable bonds is 6. The Morgan fingerprint density at radius 1 is 1.37 bits per heavy atom. The average Bonchev–Trinajstić information content (AvgIpc) is 2.38. The smallest absolute Gasteiger partial charge is 0.220 e. The first kappa shape index (κ1) is 15.6. The third kappa shape index (κ3) is 4.28. The van der Waals surface area contributed by atoms with Crippen LogP contribution in [-0.2, 0) is 0 Å². The molecule has 0 aliphatic carbocycles. The van der Waals surface area contributed by atoms with Gasteiger partial charge in [-0.05, 0) is 5.56 Å². The quantitative estimate of drug-likeness (QED) is 0.456. The van der Waals surface area contributed by atoms with E-state index in [-0.39, 0.29) is 10.8 Å². The molecule has 0 spiro atoms. The van der Waals surface area contributed by atoms with Gasteiger partial charge in [-0.2, -0.15) is 0 Å². The standard InChI is InChI=1S/C14H20N2O2S/c1-4-13(16(17)18)12(10-14(19)15(2)3)11-8-6-5-7-9-11/h5-9,12-13H,4,10H2,1-3H3/t12-,13-/m1/s1. The maximum atomic E-state index is 11.2. The van der Waals surface area contributed by atoms with Crippen LogP contribution in [0.1, 0.15) is 31.2 Å². The Kier molecular flexibility index (Phi) is 5.89. The van der Waals surface area contributed by atoms with E-state index in [1.165, 1.54) is 0 Å². The molecule has 1 aromatic rings. The highest BCUT2D eigenvalue weighted by molar-refractivity contribution is 7.80. The monoisotopic (exact) mass is 280 g/mol. The number of nitro groups is 1. The lowest BCUT2D eigenvalue weighted by Crippen LogP contribution is -2.31. The summed E-state index contributed by atoms with van der Waals surface area (Å²) in [4.78, 5) is 13.7. The first-order valence-electron chi connectivity index (χ1n) is 6.36. The first-order chi connectivity index (χ1) is 8.97. The van der Waals surface area contributed by atoms with Crippen LogP contribution in [0.15, 0.2) is 30.3 Å². The second-order valence-corrected chi connectivity index (χ2v) is 5.24. The summed E-state index contributed by atoms with van der Waals surface area (Å²) >= 11 is 5.31. The van der Waals surface area contributed by atoms with Crippen LogP contribution >= 0.6 is 12.2 Å². The second kappa shape index (κ2) is 7.19. The molecule has 0 bridgehead atoms. The summed E-state index contributed by atoms with van der Waals surface area (Å²) < 4.78 is 0. The first-order valence-corrected chi connectivity index (χ1v) is 6.76. The van der Waals surface area contributed by atoms with Crippen molar-refractivity contribution in [1.82, 2.24) is 4.90 Å². The van der Waals surface area contributed by atoms with Crippen LogP contribution in [0.3, 0.4) is 0 Å². The minimum absolute atomic E-state index is 0.170. The molecule has 0 N–H and O–H groups in total. The van der Waals surface area contributed by atoms with Crippen molar-refractivity contribution in [2.75, 3.05) is 14.1 Å². The maximum absolute atomic E-state index is 11.2. The highest BCUT2D eigenvalue weighted by Gasteiger charge is 2.32. The number of benzene rings is 1. The van der Waals surface area contributed by atoms with Gasteiger partial charge in [0.1, 0.15) is 0 Å². The van der Waals surface area contributed by atoms with E-state index in [0.717, 1.165) is 10.6 Å². The third-order valence-electron chi connectivity index (χ3n) is 3.27. The van der Waals surface area contributed by atoms with Crippen LogP contribution in [0.4, 0.5) is 0 Å². The average molecular weight is 280 g/mol. The van der Waals surface area contributed by atoms with Gasteiger partial charge >= 0.3 is 0 Å². The topological polar surface area (TPSA) is 46.4 Å². The zero-order chi connectivity index (χ0) is 14.4. The zero-order valence-electron chi connectivity index (χ0n) is 11.6. The van der Waals surface area contributed by atoms with E-state index in [9.17, 15) is 10.1 Å². The van der Waals surface area contributed by atoms with Gasteiger partial charge in [0, 0.05) is 31.9 Å². The summed E-state index contributed by atoms with van der Waals surface area (Å²) in [5.74, 6) is -0.170. The van der Waals surface area contributed by atoms with Crippen LogP contribution in [0, 0.1) is 10.1 Å². The summed E-state index contributed by atoms with van der Waals surface area (Å²) in [6.45, 7) is 1.85. The third-order valence-corrected chi connectivity index (χ3v) is 3.81. The van der Waals surface area contributed by atoms with Crippen molar-refractivity contribution in [3.63, 3.8) is 0 Å². The predicted molar refractivity (Wildman–Crippen MR) is 81.2 cm³/mol. The molecule has 0 heterocycles. The summed E-state index contributed by atoms with van der Waals surface area (Å²) in [6, 6.07) is 9.02. The van der Waals surface area contributed by atoms with E-state index in [1.807, 2.05) is 56.3 Å². The Balaban J connectivity index is 3.04. The van der Waals surface area contributed by atoms with E-state index in [2.05, 4.69) is 0 Å². The van der Waals surface area contributed by atoms with Crippen molar-refractivity contribution in [3.05, 3.63) is 46.0 Å². The van der Waals surface area contributed by atoms with Gasteiger partial charge in [-0.15, -0.1) is 0 Å². The molecule has 0 amide bonds. The number of hydrogen-bond donors (Lipinski definition) is 0. The lowest BCUT2D eigenvalue weighted by Gasteiger charge is -2.23. The van der Waals surface area contributed by atoms with Crippen molar-refractivity contribution in [1.29, 1.82) is 0 Å². The Hall–Kier alpha value is -1.49. The van der Waals surface area contributed by atoms with Gasteiger partial charge in [-0.25, -0.2) is 0 Å². The molecule has 104 valence electrons. The molecule has 1 rings (SSSR count). The number of thiocarbonyl (C=S) groups is 1. The SMILES string of the molecule is CC[C@H]([C@H](CC(=S)N(C)C)c1ccccc1)[N+](=O)[O-]. The molecular formula is C14H20N2O2S. The van der Waals surface area contributed by atoms with Gasteiger partial charge in [0.15, 0.2) is 0 Å². The molecule has 0 fully saturated rings. The molecule has 0 radical (unpaired) electrons. The summed E-state index contributed by atoms with van der Waals surface area (Å²) in [5, 5.41) is 11.2. The van der Waals surface area contributed by atoms with E-state index in [1.54, 1.807) is 0 Å². The Morgan fingerprint density at radius 2 is 1.95 bits per heavy atom. The van der Waals surface area contributed by atoms with E-state index in [4.69, 9.17) is 12.2 Å². The van der Waals surface area contributed by atoms with Gasteiger partial charge in [0.25, 0.3) is 0 Å². The zero-order valence-corrected chi connectivity index (χ0v) is 12.4. The molecule has 4 nitrogen and oxygen atoms in total. The molecule has 0 saturated heterocycles. The van der Waals surface area contributed by atoms with Crippen LogP contribution in [-0.4, -0.2) is 34.9 Å².